The standard InChI is InChI=1S/C28H21FN4O2/c1-28(2,10-11-30)26-23(15-6-8-16(9-7-15)27(34)35)18-12-22-19(13-31-32-22)24-17-4-3-5-21(29)20(17)14-33(26)25(18)24/h3-9,12-13H,10,14H2,1-2H3,(H,31,32)(H,34,35). The van der Waals surface area contributed by atoms with Crippen LogP contribution in [0.3, 0.4) is 0 Å². The largest absolute Gasteiger partial charge is 0.478 e. The van der Waals surface area contributed by atoms with Crippen LogP contribution in [0.25, 0.3) is 44.1 Å². The van der Waals surface area contributed by atoms with Crippen molar-refractivity contribution in [1.82, 2.24) is 14.8 Å². The Bertz CT molecular complexity index is 1720. The summed E-state index contributed by atoms with van der Waals surface area (Å²) in [7, 11) is 0. The third-order valence-electron chi connectivity index (χ3n) is 7.05. The van der Waals surface area contributed by atoms with Gasteiger partial charge in [-0.05, 0) is 35.4 Å². The predicted octanol–water partition coefficient (Wildman–Crippen LogP) is 6.24. The number of aromatic carboxylic acids is 1. The Morgan fingerprint density at radius 1 is 1.20 bits per heavy atom. The predicted molar refractivity (Wildman–Crippen MR) is 132 cm³/mol. The molecule has 5 aromatic rings. The number of hydrogen-bond acceptors (Lipinski definition) is 3. The number of H-pyrrole nitrogens is 1. The van der Waals surface area contributed by atoms with Crippen LogP contribution in [0, 0.1) is 17.1 Å². The number of nitrogens with one attached hydrogen (secondary N) is 1. The molecule has 0 amide bonds. The van der Waals surface area contributed by atoms with Crippen molar-refractivity contribution in [3.8, 4) is 28.3 Å². The summed E-state index contributed by atoms with van der Waals surface area (Å²) < 4.78 is 17.3. The average molecular weight is 465 g/mol. The molecule has 0 spiro atoms. The van der Waals surface area contributed by atoms with Gasteiger partial charge in [-0.2, -0.15) is 10.4 Å². The fourth-order valence-electron chi connectivity index (χ4n) is 5.52. The van der Waals surface area contributed by atoms with Crippen molar-refractivity contribution in [2.75, 3.05) is 0 Å². The van der Waals surface area contributed by atoms with E-state index in [1.165, 1.54) is 6.07 Å². The molecule has 3 aromatic carbocycles. The fraction of sp³-hybridized carbons (Fsp3) is 0.179. The van der Waals surface area contributed by atoms with E-state index in [1.807, 2.05) is 26.0 Å². The Labute approximate surface area is 200 Å². The number of hydrogen-bond donors (Lipinski definition) is 2. The zero-order valence-corrected chi connectivity index (χ0v) is 19.2. The summed E-state index contributed by atoms with van der Waals surface area (Å²) >= 11 is 0. The maximum Gasteiger partial charge on any atom is 0.335 e. The van der Waals surface area contributed by atoms with Crippen LogP contribution in [-0.4, -0.2) is 25.8 Å². The number of carbonyl (C=O) groups is 1. The van der Waals surface area contributed by atoms with Crippen LogP contribution in [0.15, 0.2) is 54.7 Å². The second-order valence-corrected chi connectivity index (χ2v) is 9.66. The maximum absolute atomic E-state index is 15.2. The van der Waals surface area contributed by atoms with Crippen molar-refractivity contribution >= 4 is 27.8 Å². The molecule has 3 heterocycles. The molecule has 1 aliphatic rings. The second-order valence-electron chi connectivity index (χ2n) is 9.66. The van der Waals surface area contributed by atoms with Crippen LogP contribution in [0.1, 0.15) is 41.9 Å². The van der Waals surface area contributed by atoms with Gasteiger partial charge in [0.05, 0.1) is 35.4 Å². The minimum atomic E-state index is -0.991. The molecule has 0 unspecified atom stereocenters. The van der Waals surface area contributed by atoms with Crippen LogP contribution in [-0.2, 0) is 12.0 Å². The lowest BCUT2D eigenvalue weighted by molar-refractivity contribution is 0.0697. The van der Waals surface area contributed by atoms with Crippen LogP contribution in [0.5, 0.6) is 0 Å². The summed E-state index contributed by atoms with van der Waals surface area (Å²) in [5.41, 5.74) is 6.48. The summed E-state index contributed by atoms with van der Waals surface area (Å²) in [5, 5.41) is 28.2. The molecule has 0 saturated heterocycles. The Kier molecular flexibility index (Phi) is 4.39. The van der Waals surface area contributed by atoms with Gasteiger partial charge in [-0.1, -0.05) is 38.1 Å². The van der Waals surface area contributed by atoms with Gasteiger partial charge in [0.1, 0.15) is 5.82 Å². The normalized spacial score (nSPS) is 12.6. The first kappa shape index (κ1) is 21.1. The van der Waals surface area contributed by atoms with E-state index in [-0.39, 0.29) is 17.8 Å². The highest BCUT2D eigenvalue weighted by molar-refractivity contribution is 6.16. The van der Waals surface area contributed by atoms with E-state index in [0.717, 1.165) is 49.8 Å². The summed E-state index contributed by atoms with van der Waals surface area (Å²) in [6.07, 6.45) is 2.03. The molecule has 6 rings (SSSR count). The molecule has 172 valence electrons. The number of fused-ring (bicyclic) bond motifs is 4. The number of aromatic nitrogens is 3. The van der Waals surface area contributed by atoms with Crippen LogP contribution in [0.2, 0.25) is 0 Å². The molecule has 2 N–H and O–H groups in total. The van der Waals surface area contributed by atoms with Crippen molar-refractivity contribution in [2.24, 2.45) is 0 Å². The zero-order chi connectivity index (χ0) is 24.5. The number of carboxylic acid groups (broad SMARTS) is 1. The van der Waals surface area contributed by atoms with E-state index in [2.05, 4.69) is 20.8 Å². The highest BCUT2D eigenvalue weighted by Crippen LogP contribution is 2.50. The van der Waals surface area contributed by atoms with E-state index >= 15 is 4.39 Å². The lowest BCUT2D eigenvalue weighted by Crippen LogP contribution is -2.24. The molecule has 2 aromatic heterocycles. The molecule has 0 aliphatic carbocycles. The van der Waals surface area contributed by atoms with Crippen LogP contribution in [0.4, 0.5) is 4.39 Å². The number of halogens is 1. The highest BCUT2D eigenvalue weighted by atomic mass is 19.1. The van der Waals surface area contributed by atoms with Gasteiger partial charge in [0.2, 0.25) is 0 Å². The quantitative estimate of drug-likeness (QED) is 0.323. The van der Waals surface area contributed by atoms with Gasteiger partial charge < -0.3 is 9.67 Å². The van der Waals surface area contributed by atoms with Crippen molar-refractivity contribution in [1.29, 1.82) is 5.26 Å². The first-order chi connectivity index (χ1) is 16.8. The third kappa shape index (κ3) is 2.93. The molecular weight excluding hydrogens is 443 g/mol. The van der Waals surface area contributed by atoms with Gasteiger partial charge in [-0.3, -0.25) is 5.10 Å². The SMILES string of the molecule is CC(C)(CC#N)c1c(-c2ccc(C(=O)O)cc2)c2cc3[nH]ncc3c3c2n1Cc1c(F)cccc1-3. The topological polar surface area (TPSA) is 94.7 Å². The molecule has 0 radical (unpaired) electrons. The number of nitrogens with zero attached hydrogens (tertiary/aromatic N) is 3. The number of nitriles is 1. The minimum absolute atomic E-state index is 0.200. The Hall–Kier alpha value is -4.44. The van der Waals surface area contributed by atoms with E-state index in [1.54, 1.807) is 36.5 Å². The van der Waals surface area contributed by atoms with Crippen molar-refractivity contribution < 1.29 is 14.3 Å². The van der Waals surface area contributed by atoms with Crippen molar-refractivity contribution in [3.05, 3.63) is 77.4 Å². The Morgan fingerprint density at radius 2 is 1.97 bits per heavy atom. The molecule has 1 aliphatic heterocycles. The van der Waals surface area contributed by atoms with Crippen LogP contribution >= 0.6 is 0 Å². The molecule has 0 atom stereocenters. The molecule has 0 saturated carbocycles. The summed E-state index contributed by atoms with van der Waals surface area (Å²) in [6, 6.07) is 16.3. The molecule has 0 fully saturated rings. The molecular formula is C28H21FN4O2. The van der Waals surface area contributed by atoms with E-state index in [4.69, 9.17) is 0 Å². The van der Waals surface area contributed by atoms with Gasteiger partial charge in [-0.15, -0.1) is 0 Å². The van der Waals surface area contributed by atoms with Crippen molar-refractivity contribution in [2.45, 2.75) is 32.2 Å². The van der Waals surface area contributed by atoms with Gasteiger partial charge in [0.25, 0.3) is 0 Å². The third-order valence-corrected chi connectivity index (χ3v) is 7.05. The first-order valence-electron chi connectivity index (χ1n) is 11.3. The summed E-state index contributed by atoms with van der Waals surface area (Å²) in [4.78, 5) is 11.5. The molecule has 35 heavy (non-hydrogen) atoms. The smallest absolute Gasteiger partial charge is 0.335 e. The second kappa shape index (κ2) is 7.28. The summed E-state index contributed by atoms with van der Waals surface area (Å²) in [6.45, 7) is 4.38. The van der Waals surface area contributed by atoms with Gasteiger partial charge >= 0.3 is 5.97 Å². The van der Waals surface area contributed by atoms with Crippen LogP contribution < -0.4 is 0 Å². The molecule has 7 heteroatoms. The van der Waals surface area contributed by atoms with E-state index in [0.29, 0.717) is 12.1 Å². The van der Waals surface area contributed by atoms with E-state index in [9.17, 15) is 15.2 Å². The van der Waals surface area contributed by atoms with Gasteiger partial charge in [0, 0.05) is 45.0 Å². The maximum atomic E-state index is 15.2. The fourth-order valence-corrected chi connectivity index (χ4v) is 5.52. The molecule has 0 bridgehead atoms. The number of rotatable bonds is 4. The first-order valence-corrected chi connectivity index (χ1v) is 11.3. The van der Waals surface area contributed by atoms with E-state index < -0.39 is 11.4 Å². The van der Waals surface area contributed by atoms with Gasteiger partial charge in [-0.25, -0.2) is 9.18 Å². The van der Waals surface area contributed by atoms with Crippen molar-refractivity contribution in [3.63, 3.8) is 0 Å². The van der Waals surface area contributed by atoms with Gasteiger partial charge in [0.15, 0.2) is 0 Å². The number of carboxylic acids is 1. The highest BCUT2D eigenvalue weighted by Gasteiger charge is 2.35. The minimum Gasteiger partial charge on any atom is -0.478 e. The lowest BCUT2D eigenvalue weighted by Gasteiger charge is -2.29. The Morgan fingerprint density at radius 3 is 2.69 bits per heavy atom. The number of aromatic amines is 1. The lowest BCUT2D eigenvalue weighted by atomic mass is 9.82. The average Bonchev–Trinajstić information content (AvgIpc) is 3.43. The monoisotopic (exact) mass is 464 g/mol. The number of benzene rings is 3. The Balaban J connectivity index is 1.81. The zero-order valence-electron chi connectivity index (χ0n) is 19.2. The molecule has 6 nitrogen and oxygen atoms in total. The summed E-state index contributed by atoms with van der Waals surface area (Å²) in [5.74, 6) is -1.26.